The number of halogens is 1. The Labute approximate surface area is 194 Å². The lowest BCUT2D eigenvalue weighted by Crippen LogP contribution is -2.37. The second kappa shape index (κ2) is 15.9. The second-order valence-electron chi connectivity index (χ2n) is 7.88. The molecule has 1 N–H and O–H groups in total. The third-order valence-corrected chi connectivity index (χ3v) is 5.23. The van der Waals surface area contributed by atoms with Gasteiger partial charge >= 0.3 is 0 Å². The largest absolute Gasteiger partial charge is 0.490 e. The van der Waals surface area contributed by atoms with E-state index in [0.717, 1.165) is 44.3 Å². The van der Waals surface area contributed by atoms with E-state index in [1.165, 1.54) is 0 Å². The first-order valence-corrected chi connectivity index (χ1v) is 11.3. The number of hydrogen-bond acceptors (Lipinski definition) is 4. The van der Waals surface area contributed by atoms with Crippen molar-refractivity contribution >= 4 is 18.2 Å². The molecule has 0 aromatic heterocycles. The van der Waals surface area contributed by atoms with E-state index in [1.807, 2.05) is 54.6 Å². The zero-order valence-electron chi connectivity index (χ0n) is 19.0. The van der Waals surface area contributed by atoms with Gasteiger partial charge in [0.1, 0.15) is 18.5 Å². The van der Waals surface area contributed by atoms with Crippen molar-refractivity contribution in [2.24, 2.45) is 0 Å². The molecule has 5 heteroatoms. The lowest BCUT2D eigenvalue weighted by Gasteiger charge is -2.25. The first-order chi connectivity index (χ1) is 14.6. The molecule has 0 bridgehead atoms. The molecule has 0 spiro atoms. The summed E-state index contributed by atoms with van der Waals surface area (Å²) in [6.45, 7) is 7.17. The van der Waals surface area contributed by atoms with Gasteiger partial charge in [0.2, 0.25) is 0 Å². The van der Waals surface area contributed by atoms with Crippen LogP contribution in [-0.2, 0) is 6.42 Å². The van der Waals surface area contributed by atoms with E-state index >= 15 is 0 Å². The third-order valence-electron chi connectivity index (χ3n) is 5.23. The van der Waals surface area contributed by atoms with Crippen LogP contribution >= 0.6 is 12.4 Å². The summed E-state index contributed by atoms with van der Waals surface area (Å²) < 4.78 is 5.88. The van der Waals surface area contributed by atoms with Crippen molar-refractivity contribution < 1.29 is 14.6 Å². The molecule has 0 saturated heterocycles. The van der Waals surface area contributed by atoms with E-state index in [1.54, 1.807) is 0 Å². The molecule has 0 saturated carbocycles. The monoisotopic (exact) mass is 447 g/mol. The van der Waals surface area contributed by atoms with Crippen molar-refractivity contribution in [1.82, 2.24) is 4.90 Å². The predicted molar refractivity (Wildman–Crippen MR) is 131 cm³/mol. The molecule has 0 aliphatic heterocycles. The minimum absolute atomic E-state index is 0. The van der Waals surface area contributed by atoms with E-state index in [2.05, 4.69) is 18.7 Å². The highest BCUT2D eigenvalue weighted by molar-refractivity contribution is 5.98. The fourth-order valence-electron chi connectivity index (χ4n) is 3.45. The average molecular weight is 448 g/mol. The maximum absolute atomic E-state index is 12.7. The summed E-state index contributed by atoms with van der Waals surface area (Å²) in [6.07, 6.45) is 5.13. The molecule has 0 fully saturated rings. The van der Waals surface area contributed by atoms with Crippen molar-refractivity contribution in [1.29, 1.82) is 0 Å². The van der Waals surface area contributed by atoms with Gasteiger partial charge in [0.15, 0.2) is 5.78 Å². The first kappa shape index (κ1) is 27.2. The molecule has 2 aromatic rings. The van der Waals surface area contributed by atoms with Crippen LogP contribution in [0.15, 0.2) is 54.6 Å². The molecular formula is C26H38ClNO3. The smallest absolute Gasteiger partial charge is 0.166 e. The fraction of sp³-hybridized carbons (Fsp3) is 0.500. The Bertz CT molecular complexity index is 730. The third kappa shape index (κ3) is 10.3. The summed E-state index contributed by atoms with van der Waals surface area (Å²) in [4.78, 5) is 15.1. The van der Waals surface area contributed by atoms with Gasteiger partial charge in [-0.15, -0.1) is 12.4 Å². The number of benzene rings is 2. The number of hydrogen-bond donors (Lipinski definition) is 1. The molecule has 4 nitrogen and oxygen atoms in total. The number of carbonyl (C=O) groups is 1. The van der Waals surface area contributed by atoms with Crippen molar-refractivity contribution in [3.63, 3.8) is 0 Å². The van der Waals surface area contributed by atoms with E-state index in [0.29, 0.717) is 30.7 Å². The summed E-state index contributed by atoms with van der Waals surface area (Å²) in [5.74, 6) is 0.625. The number of carbonyl (C=O) groups excluding carboxylic acids is 1. The number of ether oxygens (including phenoxy) is 1. The SMILES string of the molecule is CCCCN(CCCC)CC(O)COc1ccccc1C(=O)CCc1ccccc1.Cl. The second-order valence-corrected chi connectivity index (χ2v) is 7.88. The van der Waals surface area contributed by atoms with Crippen LogP contribution in [0, 0.1) is 0 Å². The first-order valence-electron chi connectivity index (χ1n) is 11.3. The Balaban J connectivity index is 0.00000480. The van der Waals surface area contributed by atoms with Crippen LogP contribution in [0.4, 0.5) is 0 Å². The summed E-state index contributed by atoms with van der Waals surface area (Å²) >= 11 is 0. The van der Waals surface area contributed by atoms with E-state index in [-0.39, 0.29) is 24.8 Å². The van der Waals surface area contributed by atoms with Crippen LogP contribution in [0.2, 0.25) is 0 Å². The topological polar surface area (TPSA) is 49.8 Å². The van der Waals surface area contributed by atoms with Gasteiger partial charge in [-0.1, -0.05) is 69.2 Å². The Morgan fingerprint density at radius 2 is 1.58 bits per heavy atom. The molecular weight excluding hydrogens is 410 g/mol. The van der Waals surface area contributed by atoms with Gasteiger partial charge in [-0.2, -0.15) is 0 Å². The Morgan fingerprint density at radius 1 is 0.968 bits per heavy atom. The minimum Gasteiger partial charge on any atom is -0.490 e. The van der Waals surface area contributed by atoms with Gasteiger partial charge in [-0.05, 0) is 50.0 Å². The minimum atomic E-state index is -0.578. The fourth-order valence-corrected chi connectivity index (χ4v) is 3.45. The number of unbranched alkanes of at least 4 members (excludes halogenated alkanes) is 2. The molecule has 0 amide bonds. The number of aliphatic hydroxyl groups is 1. The number of Topliss-reactive ketones (excluding diaryl/α,β-unsaturated/α-hetero) is 1. The molecule has 2 aromatic carbocycles. The van der Waals surface area contributed by atoms with Crippen LogP contribution in [-0.4, -0.2) is 48.1 Å². The molecule has 1 unspecified atom stereocenters. The molecule has 0 radical (unpaired) electrons. The van der Waals surface area contributed by atoms with Crippen LogP contribution in [0.3, 0.4) is 0 Å². The number of nitrogens with zero attached hydrogens (tertiary/aromatic N) is 1. The van der Waals surface area contributed by atoms with Gasteiger partial charge in [0.05, 0.1) is 5.56 Å². The van der Waals surface area contributed by atoms with E-state index in [4.69, 9.17) is 4.74 Å². The zero-order valence-corrected chi connectivity index (χ0v) is 19.8. The molecule has 31 heavy (non-hydrogen) atoms. The molecule has 0 aliphatic carbocycles. The van der Waals surface area contributed by atoms with Crippen LogP contribution in [0.1, 0.15) is 61.9 Å². The van der Waals surface area contributed by atoms with Gasteiger partial charge in [0, 0.05) is 13.0 Å². The molecule has 0 heterocycles. The Hall–Kier alpha value is -1.88. The Kier molecular flexibility index (Phi) is 13.9. The highest BCUT2D eigenvalue weighted by atomic mass is 35.5. The number of rotatable bonds is 15. The summed E-state index contributed by atoms with van der Waals surface area (Å²) in [5, 5.41) is 10.5. The van der Waals surface area contributed by atoms with Gasteiger partial charge < -0.3 is 14.7 Å². The average Bonchev–Trinajstić information content (AvgIpc) is 2.78. The van der Waals surface area contributed by atoms with Crippen molar-refractivity contribution in [3.05, 3.63) is 65.7 Å². The Morgan fingerprint density at radius 3 is 2.23 bits per heavy atom. The molecule has 0 aliphatic rings. The summed E-state index contributed by atoms with van der Waals surface area (Å²) in [7, 11) is 0. The van der Waals surface area contributed by atoms with Crippen molar-refractivity contribution in [3.8, 4) is 5.75 Å². The van der Waals surface area contributed by atoms with Crippen molar-refractivity contribution in [2.75, 3.05) is 26.2 Å². The number of para-hydroxylation sites is 1. The lowest BCUT2D eigenvalue weighted by molar-refractivity contribution is 0.0663. The number of aliphatic hydroxyl groups excluding tert-OH is 1. The molecule has 172 valence electrons. The zero-order chi connectivity index (χ0) is 21.6. The van der Waals surface area contributed by atoms with E-state index in [9.17, 15) is 9.90 Å². The maximum Gasteiger partial charge on any atom is 0.166 e. The van der Waals surface area contributed by atoms with Gasteiger partial charge in [-0.3, -0.25) is 4.79 Å². The summed E-state index contributed by atoms with van der Waals surface area (Å²) in [6, 6.07) is 17.4. The van der Waals surface area contributed by atoms with Crippen LogP contribution < -0.4 is 4.74 Å². The maximum atomic E-state index is 12.7. The standard InChI is InChI=1S/C26H37NO3.ClH/c1-3-5-18-27(19-6-4-2)20-23(28)21-30-26-15-11-10-14-24(26)25(29)17-16-22-12-8-7-9-13-22;/h7-15,23,28H,3-6,16-21H2,1-2H3;1H. The predicted octanol–water partition coefficient (Wildman–Crippen LogP) is 5.57. The highest BCUT2D eigenvalue weighted by Crippen LogP contribution is 2.21. The van der Waals surface area contributed by atoms with E-state index < -0.39 is 6.10 Å². The van der Waals surface area contributed by atoms with Crippen LogP contribution in [0.25, 0.3) is 0 Å². The number of ketones is 1. The quantitative estimate of drug-likeness (QED) is 0.363. The van der Waals surface area contributed by atoms with Crippen molar-refractivity contribution in [2.45, 2.75) is 58.5 Å². The summed E-state index contributed by atoms with van der Waals surface area (Å²) in [5.41, 5.74) is 1.74. The highest BCUT2D eigenvalue weighted by Gasteiger charge is 2.16. The molecule has 2 rings (SSSR count). The van der Waals surface area contributed by atoms with Crippen LogP contribution in [0.5, 0.6) is 5.75 Å². The lowest BCUT2D eigenvalue weighted by atomic mass is 10.0. The number of aryl methyl sites for hydroxylation is 1. The normalized spacial score (nSPS) is 11.7. The van der Waals surface area contributed by atoms with Gasteiger partial charge in [-0.25, -0.2) is 0 Å². The van der Waals surface area contributed by atoms with Gasteiger partial charge in [0.25, 0.3) is 0 Å². The molecule has 1 atom stereocenters.